The molecule has 14 heteroatoms. The Labute approximate surface area is 206 Å². The molecule has 0 unspecified atom stereocenters. The number of nitrogens with zero attached hydrogens (tertiary/aromatic N) is 5. The van der Waals surface area contributed by atoms with Gasteiger partial charge in [-0.05, 0) is 23.6 Å². The number of aliphatic hydroxyl groups excluding tert-OH is 3. The monoisotopic (exact) mass is 531 g/mol. The van der Waals surface area contributed by atoms with E-state index in [0.29, 0.717) is 23.4 Å². The number of aromatic nitrogens is 4. The van der Waals surface area contributed by atoms with Gasteiger partial charge in [0.15, 0.2) is 15.5 Å². The Morgan fingerprint density at radius 3 is 2.25 bits per heavy atom. The lowest BCUT2D eigenvalue weighted by Crippen LogP contribution is -2.42. The molecular formula is C22H28F3N5O5S. The molecule has 1 aromatic carbocycles. The highest BCUT2D eigenvalue weighted by molar-refractivity contribution is 7.90. The van der Waals surface area contributed by atoms with Crippen LogP contribution in [0.3, 0.4) is 0 Å². The zero-order valence-corrected chi connectivity index (χ0v) is 21.0. The minimum absolute atomic E-state index is 0.00599. The summed E-state index contributed by atoms with van der Waals surface area (Å²) in [4.78, 5) is 14.2. The normalized spacial score (nSPS) is 16.2. The molecule has 2 aromatic heterocycles. The SMILES string of the molecule is CC(C)[C@H]1c2nc3cc(CO)c(S(C)(=O)=O)cc3n2CCN1c1ncc(CO)c(C(F)(F)F)n1.CO. The number of aliphatic hydroxyl groups is 3. The number of benzene rings is 1. The van der Waals surface area contributed by atoms with E-state index < -0.39 is 46.5 Å². The predicted molar refractivity (Wildman–Crippen MR) is 125 cm³/mol. The fourth-order valence-electron chi connectivity index (χ4n) is 4.41. The number of hydrogen-bond donors (Lipinski definition) is 3. The molecule has 10 nitrogen and oxygen atoms in total. The Hall–Kier alpha value is -2.81. The Morgan fingerprint density at radius 2 is 1.72 bits per heavy atom. The van der Waals surface area contributed by atoms with Crippen LogP contribution in [-0.4, -0.2) is 63.2 Å². The second-order valence-electron chi connectivity index (χ2n) is 8.58. The third-order valence-electron chi connectivity index (χ3n) is 5.87. The predicted octanol–water partition coefficient (Wildman–Crippen LogP) is 2.06. The number of imidazole rings is 1. The lowest BCUT2D eigenvalue weighted by molar-refractivity contribution is -0.142. The highest BCUT2D eigenvalue weighted by Gasteiger charge is 2.39. The summed E-state index contributed by atoms with van der Waals surface area (Å²) < 4.78 is 66.9. The van der Waals surface area contributed by atoms with E-state index in [1.54, 1.807) is 4.90 Å². The van der Waals surface area contributed by atoms with Crippen molar-refractivity contribution in [3.63, 3.8) is 0 Å². The maximum atomic E-state index is 13.5. The van der Waals surface area contributed by atoms with Crippen LogP contribution < -0.4 is 4.90 Å². The molecule has 1 atom stereocenters. The van der Waals surface area contributed by atoms with E-state index in [-0.39, 0.29) is 28.9 Å². The van der Waals surface area contributed by atoms with Gasteiger partial charge in [-0.1, -0.05) is 13.8 Å². The molecule has 0 amide bonds. The van der Waals surface area contributed by atoms with Gasteiger partial charge in [-0.15, -0.1) is 0 Å². The molecule has 0 radical (unpaired) electrons. The summed E-state index contributed by atoms with van der Waals surface area (Å²) in [6.07, 6.45) is -2.72. The van der Waals surface area contributed by atoms with Gasteiger partial charge in [-0.2, -0.15) is 13.2 Å². The highest BCUT2D eigenvalue weighted by Crippen LogP contribution is 2.38. The number of hydrogen-bond acceptors (Lipinski definition) is 9. The molecule has 0 aliphatic carbocycles. The lowest BCUT2D eigenvalue weighted by Gasteiger charge is -2.38. The van der Waals surface area contributed by atoms with Crippen molar-refractivity contribution in [3.8, 4) is 0 Å². The molecule has 0 fully saturated rings. The zero-order chi connectivity index (χ0) is 27.0. The van der Waals surface area contributed by atoms with E-state index in [9.17, 15) is 31.8 Å². The van der Waals surface area contributed by atoms with Gasteiger partial charge >= 0.3 is 6.18 Å². The summed E-state index contributed by atoms with van der Waals surface area (Å²) in [5, 5.41) is 26.0. The van der Waals surface area contributed by atoms with Crippen LogP contribution in [0.5, 0.6) is 0 Å². The van der Waals surface area contributed by atoms with Crippen LogP contribution in [-0.2, 0) is 35.8 Å². The average molecular weight is 532 g/mol. The fraction of sp³-hybridized carbons (Fsp3) is 0.500. The molecule has 1 aliphatic heterocycles. The number of rotatable bonds is 5. The van der Waals surface area contributed by atoms with Crippen molar-refractivity contribution in [2.24, 2.45) is 5.92 Å². The Kier molecular flexibility index (Phi) is 7.93. The second-order valence-corrected chi connectivity index (χ2v) is 10.6. The first-order valence-electron chi connectivity index (χ1n) is 11.0. The van der Waals surface area contributed by atoms with Crippen LogP contribution in [0.25, 0.3) is 11.0 Å². The minimum Gasteiger partial charge on any atom is -0.400 e. The number of sulfone groups is 1. The fourth-order valence-corrected chi connectivity index (χ4v) is 5.33. The molecule has 0 saturated heterocycles. The van der Waals surface area contributed by atoms with Crippen LogP contribution in [0, 0.1) is 5.92 Å². The summed E-state index contributed by atoms with van der Waals surface area (Å²) in [6.45, 7) is 3.02. The van der Waals surface area contributed by atoms with E-state index >= 15 is 0 Å². The van der Waals surface area contributed by atoms with Crippen molar-refractivity contribution in [1.82, 2.24) is 19.5 Å². The van der Waals surface area contributed by atoms with E-state index in [1.165, 1.54) is 12.1 Å². The van der Waals surface area contributed by atoms with Crippen molar-refractivity contribution in [1.29, 1.82) is 0 Å². The van der Waals surface area contributed by atoms with Crippen LogP contribution in [0.2, 0.25) is 0 Å². The first kappa shape index (κ1) is 27.8. The van der Waals surface area contributed by atoms with E-state index in [0.717, 1.165) is 19.6 Å². The van der Waals surface area contributed by atoms with Crippen LogP contribution in [0.4, 0.5) is 19.1 Å². The van der Waals surface area contributed by atoms with E-state index in [1.807, 2.05) is 18.4 Å². The van der Waals surface area contributed by atoms with Crippen molar-refractivity contribution in [2.45, 2.75) is 50.7 Å². The Bertz CT molecular complexity index is 1360. The maximum absolute atomic E-state index is 13.5. The Morgan fingerprint density at radius 1 is 1.08 bits per heavy atom. The van der Waals surface area contributed by atoms with Gasteiger partial charge in [0.1, 0.15) is 5.82 Å². The van der Waals surface area contributed by atoms with E-state index in [2.05, 4.69) is 15.0 Å². The van der Waals surface area contributed by atoms with Crippen LogP contribution in [0.15, 0.2) is 23.2 Å². The van der Waals surface area contributed by atoms with Gasteiger partial charge in [0, 0.05) is 38.2 Å². The van der Waals surface area contributed by atoms with Crippen LogP contribution in [0.1, 0.15) is 42.5 Å². The van der Waals surface area contributed by atoms with Crippen LogP contribution >= 0.6 is 0 Å². The van der Waals surface area contributed by atoms with Gasteiger partial charge in [-0.3, -0.25) is 0 Å². The first-order valence-corrected chi connectivity index (χ1v) is 12.8. The Balaban J connectivity index is 0.00000176. The summed E-state index contributed by atoms with van der Waals surface area (Å²) in [5.74, 6) is 0.293. The first-order chi connectivity index (χ1) is 16.9. The maximum Gasteiger partial charge on any atom is 0.433 e. The summed E-state index contributed by atoms with van der Waals surface area (Å²) in [5.41, 5.74) is -0.337. The van der Waals surface area contributed by atoms with E-state index in [4.69, 9.17) is 5.11 Å². The third kappa shape index (κ3) is 5.03. The average Bonchev–Trinajstić information content (AvgIpc) is 3.19. The lowest BCUT2D eigenvalue weighted by atomic mass is 10.00. The molecule has 1 aliphatic rings. The van der Waals surface area contributed by atoms with Crippen molar-refractivity contribution in [2.75, 3.05) is 24.8 Å². The molecule has 3 aromatic rings. The summed E-state index contributed by atoms with van der Waals surface area (Å²) in [6, 6.07) is 2.50. The van der Waals surface area contributed by atoms with Crippen molar-refractivity contribution < 1.29 is 36.9 Å². The molecule has 4 rings (SSSR count). The smallest absolute Gasteiger partial charge is 0.400 e. The van der Waals surface area contributed by atoms with Gasteiger partial charge in [-0.25, -0.2) is 23.4 Å². The number of fused-ring (bicyclic) bond motifs is 3. The highest BCUT2D eigenvalue weighted by atomic mass is 32.2. The largest absolute Gasteiger partial charge is 0.433 e. The molecule has 3 N–H and O–H groups in total. The summed E-state index contributed by atoms with van der Waals surface area (Å²) in [7, 11) is -2.61. The van der Waals surface area contributed by atoms with Gasteiger partial charge in [0.05, 0.1) is 35.2 Å². The molecule has 36 heavy (non-hydrogen) atoms. The van der Waals surface area contributed by atoms with Gasteiger partial charge in [0.2, 0.25) is 5.95 Å². The van der Waals surface area contributed by atoms with Gasteiger partial charge < -0.3 is 24.8 Å². The number of halogens is 3. The standard InChI is InChI=1S/C21H24F3N5O4S.CH4O/c1-11(2)17-19-26-14-6-12(9-30)16(34(3,32)33)7-15(14)28(19)4-5-29(17)20-25-8-13(10-31)18(27-20)21(22,23)24;1-2/h6-8,11,17,30-31H,4-5,9-10H2,1-3H3;2H,1H3/t17-;/m0./s1. The molecule has 198 valence electrons. The quantitative estimate of drug-likeness (QED) is 0.451. The van der Waals surface area contributed by atoms with Crippen molar-refractivity contribution in [3.05, 3.63) is 41.0 Å². The number of anilines is 1. The van der Waals surface area contributed by atoms with Crippen molar-refractivity contribution >= 4 is 26.8 Å². The topological polar surface area (TPSA) is 142 Å². The van der Waals surface area contributed by atoms with Gasteiger partial charge in [0.25, 0.3) is 0 Å². The molecule has 0 bridgehead atoms. The zero-order valence-electron chi connectivity index (χ0n) is 20.2. The molecule has 0 saturated carbocycles. The summed E-state index contributed by atoms with van der Waals surface area (Å²) >= 11 is 0. The minimum atomic E-state index is -4.76. The molecular weight excluding hydrogens is 503 g/mol. The molecule has 0 spiro atoms. The third-order valence-corrected chi connectivity index (χ3v) is 7.05. The molecule has 3 heterocycles. The number of alkyl halides is 3. The second kappa shape index (κ2) is 10.3.